The third-order valence-corrected chi connectivity index (χ3v) is 5.70. The van der Waals surface area contributed by atoms with Crippen LogP contribution in [0.3, 0.4) is 0 Å². The van der Waals surface area contributed by atoms with Crippen molar-refractivity contribution in [1.82, 2.24) is 4.72 Å². The molecule has 108 valence electrons. The normalized spacial score (nSPS) is 13.5. The van der Waals surface area contributed by atoms with Crippen molar-refractivity contribution in [2.24, 2.45) is 5.73 Å². The van der Waals surface area contributed by atoms with Crippen LogP contribution in [-0.4, -0.2) is 21.0 Å². The van der Waals surface area contributed by atoms with Gasteiger partial charge in [-0.15, -0.1) is 0 Å². The van der Waals surface area contributed by atoms with Gasteiger partial charge in [-0.1, -0.05) is 35.7 Å². The van der Waals surface area contributed by atoms with E-state index in [0.717, 1.165) is 19.3 Å². The quantitative estimate of drug-likeness (QED) is 0.721. The standard InChI is InChI=1S/C12H18Br2N2O2S/c1-2-3-4-10(8-15)16-19(17,18)12-7-9(13)5-6-11(12)14/h5-7,10,16H,2-4,8,15H2,1H3. The molecule has 1 unspecified atom stereocenters. The van der Waals surface area contributed by atoms with Crippen LogP contribution in [0.5, 0.6) is 0 Å². The van der Waals surface area contributed by atoms with Crippen LogP contribution < -0.4 is 10.5 Å². The van der Waals surface area contributed by atoms with Crippen LogP contribution in [0.4, 0.5) is 0 Å². The first-order valence-corrected chi connectivity index (χ1v) is 9.15. The van der Waals surface area contributed by atoms with Crippen LogP contribution in [0.2, 0.25) is 0 Å². The lowest BCUT2D eigenvalue weighted by atomic mass is 10.1. The lowest BCUT2D eigenvalue weighted by Gasteiger charge is -2.17. The van der Waals surface area contributed by atoms with Crippen LogP contribution in [-0.2, 0) is 10.0 Å². The molecule has 19 heavy (non-hydrogen) atoms. The summed E-state index contributed by atoms with van der Waals surface area (Å²) in [7, 11) is -3.56. The number of sulfonamides is 1. The molecule has 0 fully saturated rings. The van der Waals surface area contributed by atoms with E-state index >= 15 is 0 Å². The maximum absolute atomic E-state index is 12.3. The molecular formula is C12H18Br2N2O2S. The average molecular weight is 414 g/mol. The Morgan fingerprint density at radius 3 is 2.63 bits per heavy atom. The largest absolute Gasteiger partial charge is 0.329 e. The maximum atomic E-state index is 12.3. The molecule has 0 aliphatic heterocycles. The lowest BCUT2D eigenvalue weighted by molar-refractivity contribution is 0.516. The van der Waals surface area contributed by atoms with Crippen LogP contribution in [0.15, 0.2) is 32.0 Å². The Bertz CT molecular complexity index is 520. The number of nitrogens with two attached hydrogens (primary N) is 1. The second kappa shape index (κ2) is 7.73. The first kappa shape index (κ1) is 17.1. The van der Waals surface area contributed by atoms with Crippen molar-refractivity contribution in [3.8, 4) is 0 Å². The average Bonchev–Trinajstić information content (AvgIpc) is 2.37. The fourth-order valence-corrected chi connectivity index (χ4v) is 4.43. The number of halogens is 2. The third-order valence-electron chi connectivity index (χ3n) is 2.70. The lowest BCUT2D eigenvalue weighted by Crippen LogP contribution is -2.40. The second-order valence-electron chi connectivity index (χ2n) is 4.27. The van der Waals surface area contributed by atoms with Crippen molar-refractivity contribution < 1.29 is 8.42 Å². The molecule has 0 bridgehead atoms. The van der Waals surface area contributed by atoms with Gasteiger partial charge in [-0.3, -0.25) is 0 Å². The van der Waals surface area contributed by atoms with Crippen molar-refractivity contribution in [1.29, 1.82) is 0 Å². The van der Waals surface area contributed by atoms with E-state index in [4.69, 9.17) is 5.73 Å². The highest BCUT2D eigenvalue weighted by atomic mass is 79.9. The van der Waals surface area contributed by atoms with Crippen LogP contribution in [0.1, 0.15) is 26.2 Å². The van der Waals surface area contributed by atoms with E-state index in [0.29, 0.717) is 15.5 Å². The van der Waals surface area contributed by atoms with Gasteiger partial charge in [0, 0.05) is 21.5 Å². The fourth-order valence-electron chi connectivity index (χ4n) is 1.64. The van der Waals surface area contributed by atoms with Crippen molar-refractivity contribution in [3.05, 3.63) is 27.1 Å². The highest BCUT2D eigenvalue weighted by Gasteiger charge is 2.21. The highest BCUT2D eigenvalue weighted by Crippen LogP contribution is 2.25. The van der Waals surface area contributed by atoms with E-state index in [-0.39, 0.29) is 10.9 Å². The molecule has 3 N–H and O–H groups in total. The molecular weight excluding hydrogens is 396 g/mol. The molecule has 0 aliphatic rings. The van der Waals surface area contributed by atoms with Crippen molar-refractivity contribution in [2.45, 2.75) is 37.1 Å². The molecule has 0 aliphatic carbocycles. The topological polar surface area (TPSA) is 72.2 Å². The van der Waals surface area contributed by atoms with Crippen molar-refractivity contribution >= 4 is 41.9 Å². The molecule has 1 aromatic carbocycles. The van der Waals surface area contributed by atoms with Gasteiger partial charge in [-0.25, -0.2) is 13.1 Å². The zero-order chi connectivity index (χ0) is 14.5. The number of rotatable bonds is 7. The minimum Gasteiger partial charge on any atom is -0.329 e. The summed E-state index contributed by atoms with van der Waals surface area (Å²) in [4.78, 5) is 0.219. The smallest absolute Gasteiger partial charge is 0.242 e. The molecule has 0 radical (unpaired) electrons. The summed E-state index contributed by atoms with van der Waals surface area (Å²) >= 11 is 6.54. The van der Waals surface area contributed by atoms with E-state index in [1.165, 1.54) is 0 Å². The van der Waals surface area contributed by atoms with E-state index in [1.54, 1.807) is 18.2 Å². The summed E-state index contributed by atoms with van der Waals surface area (Å²) in [6, 6.07) is 4.82. The number of hydrogen-bond acceptors (Lipinski definition) is 3. The van der Waals surface area contributed by atoms with Crippen LogP contribution in [0.25, 0.3) is 0 Å². The first-order valence-electron chi connectivity index (χ1n) is 6.08. The number of benzene rings is 1. The second-order valence-corrected chi connectivity index (χ2v) is 7.72. The minimum atomic E-state index is -3.56. The van der Waals surface area contributed by atoms with E-state index in [1.807, 2.05) is 0 Å². The maximum Gasteiger partial charge on any atom is 0.242 e. The van der Waals surface area contributed by atoms with Gasteiger partial charge in [0.25, 0.3) is 0 Å². The Hall–Kier alpha value is 0.0500. The van der Waals surface area contributed by atoms with Crippen molar-refractivity contribution in [2.75, 3.05) is 6.54 Å². The van der Waals surface area contributed by atoms with Crippen LogP contribution in [0, 0.1) is 0 Å². The van der Waals surface area contributed by atoms with E-state index in [9.17, 15) is 8.42 Å². The number of hydrogen-bond donors (Lipinski definition) is 2. The molecule has 7 heteroatoms. The summed E-state index contributed by atoms with van der Waals surface area (Å²) in [5.74, 6) is 0. The van der Waals surface area contributed by atoms with Crippen molar-refractivity contribution in [3.63, 3.8) is 0 Å². The molecule has 0 aromatic heterocycles. The van der Waals surface area contributed by atoms with Gasteiger partial charge in [-0.2, -0.15) is 0 Å². The zero-order valence-corrected chi connectivity index (χ0v) is 14.7. The molecule has 1 rings (SSSR count). The molecule has 1 aromatic rings. The van der Waals surface area contributed by atoms with Gasteiger partial charge in [0.05, 0.1) is 4.90 Å². The van der Waals surface area contributed by atoms with Gasteiger partial charge in [0.2, 0.25) is 10.0 Å². The first-order chi connectivity index (χ1) is 8.90. The zero-order valence-electron chi connectivity index (χ0n) is 10.7. The monoisotopic (exact) mass is 412 g/mol. The van der Waals surface area contributed by atoms with E-state index < -0.39 is 10.0 Å². The molecule has 0 heterocycles. The molecule has 1 atom stereocenters. The van der Waals surface area contributed by atoms with Gasteiger partial charge < -0.3 is 5.73 Å². The number of unbranched alkanes of at least 4 members (excludes halogenated alkanes) is 1. The molecule has 0 saturated heterocycles. The Morgan fingerprint density at radius 2 is 2.05 bits per heavy atom. The Kier molecular flexibility index (Phi) is 6.96. The predicted octanol–water partition coefficient (Wildman–Crippen LogP) is 3.01. The molecule has 0 amide bonds. The van der Waals surface area contributed by atoms with Crippen LogP contribution >= 0.6 is 31.9 Å². The predicted molar refractivity (Wildman–Crippen MR) is 84.5 cm³/mol. The summed E-state index contributed by atoms with van der Waals surface area (Å²) < 4.78 is 28.6. The fraction of sp³-hybridized carbons (Fsp3) is 0.500. The highest BCUT2D eigenvalue weighted by molar-refractivity contribution is 9.11. The molecule has 0 spiro atoms. The van der Waals surface area contributed by atoms with Gasteiger partial charge in [0.1, 0.15) is 0 Å². The summed E-state index contributed by atoms with van der Waals surface area (Å²) in [6.07, 6.45) is 2.71. The SMILES string of the molecule is CCCCC(CN)NS(=O)(=O)c1cc(Br)ccc1Br. The van der Waals surface area contributed by atoms with E-state index in [2.05, 4.69) is 43.5 Å². The Labute approximate surface area is 131 Å². The molecule has 4 nitrogen and oxygen atoms in total. The number of nitrogens with one attached hydrogen (secondary N) is 1. The van der Waals surface area contributed by atoms with Gasteiger partial charge in [-0.05, 0) is 40.5 Å². The Morgan fingerprint density at radius 1 is 1.37 bits per heavy atom. The minimum absolute atomic E-state index is 0.219. The molecule has 0 saturated carbocycles. The summed E-state index contributed by atoms with van der Waals surface area (Å²) in [6.45, 7) is 2.36. The Balaban J connectivity index is 2.93. The summed E-state index contributed by atoms with van der Waals surface area (Å²) in [5.41, 5.74) is 5.62. The van der Waals surface area contributed by atoms with Gasteiger partial charge >= 0.3 is 0 Å². The third kappa shape index (κ3) is 5.15. The summed E-state index contributed by atoms with van der Waals surface area (Å²) in [5, 5.41) is 0. The van der Waals surface area contributed by atoms with Gasteiger partial charge in [0.15, 0.2) is 0 Å².